The molecule has 0 aliphatic rings. The topological polar surface area (TPSA) is 47.6 Å². The van der Waals surface area contributed by atoms with E-state index in [9.17, 15) is 4.79 Å². The summed E-state index contributed by atoms with van der Waals surface area (Å²) in [5.41, 5.74) is 3.79. The minimum atomic E-state index is -0.180. The van der Waals surface area contributed by atoms with Gasteiger partial charge in [-0.1, -0.05) is 12.1 Å². The number of rotatable bonds is 5. The summed E-state index contributed by atoms with van der Waals surface area (Å²) in [6.45, 7) is 3.96. The van der Waals surface area contributed by atoms with Crippen LogP contribution in [0.4, 0.5) is 5.69 Å². The summed E-state index contributed by atoms with van der Waals surface area (Å²) >= 11 is 0. The molecule has 4 nitrogen and oxygen atoms in total. The van der Waals surface area contributed by atoms with E-state index in [4.69, 9.17) is 9.47 Å². The zero-order chi connectivity index (χ0) is 16.8. The van der Waals surface area contributed by atoms with Gasteiger partial charge in [-0.05, 0) is 54.8 Å². The van der Waals surface area contributed by atoms with Crippen molar-refractivity contribution in [2.24, 2.45) is 0 Å². The van der Waals surface area contributed by atoms with Gasteiger partial charge in [-0.25, -0.2) is 0 Å². The summed E-state index contributed by atoms with van der Waals surface area (Å²) in [4.78, 5) is 12.1. The SMILES string of the molecule is COc1cc(/C=C/C(=O)Nc2cc(C)ccc2C)cc(OC)c1. The normalized spacial score (nSPS) is 10.6. The van der Waals surface area contributed by atoms with Gasteiger partial charge in [-0.2, -0.15) is 0 Å². The average Bonchev–Trinajstić information content (AvgIpc) is 2.56. The van der Waals surface area contributed by atoms with Crippen LogP contribution in [0.5, 0.6) is 11.5 Å². The van der Waals surface area contributed by atoms with Crippen molar-refractivity contribution in [2.75, 3.05) is 19.5 Å². The van der Waals surface area contributed by atoms with Crippen molar-refractivity contribution in [3.05, 3.63) is 59.2 Å². The fraction of sp³-hybridized carbons (Fsp3) is 0.211. The molecule has 4 heteroatoms. The second-order valence-corrected chi connectivity index (χ2v) is 5.29. The summed E-state index contributed by atoms with van der Waals surface area (Å²) in [5, 5.41) is 2.89. The fourth-order valence-electron chi connectivity index (χ4n) is 2.14. The van der Waals surface area contributed by atoms with Crippen molar-refractivity contribution >= 4 is 17.7 Å². The van der Waals surface area contributed by atoms with Gasteiger partial charge < -0.3 is 14.8 Å². The lowest BCUT2D eigenvalue weighted by Crippen LogP contribution is -2.09. The Morgan fingerprint density at radius 2 is 1.65 bits per heavy atom. The molecule has 0 saturated carbocycles. The van der Waals surface area contributed by atoms with Crippen LogP contribution < -0.4 is 14.8 Å². The maximum Gasteiger partial charge on any atom is 0.248 e. The Morgan fingerprint density at radius 3 is 2.26 bits per heavy atom. The fourth-order valence-corrected chi connectivity index (χ4v) is 2.14. The predicted molar refractivity (Wildman–Crippen MR) is 93.1 cm³/mol. The molecular formula is C19H21NO3. The molecule has 0 aliphatic heterocycles. The first-order valence-corrected chi connectivity index (χ1v) is 7.31. The number of hydrogen-bond acceptors (Lipinski definition) is 3. The number of carbonyl (C=O) groups excluding carboxylic acids is 1. The third-order valence-electron chi connectivity index (χ3n) is 3.45. The van der Waals surface area contributed by atoms with Gasteiger partial charge in [0.05, 0.1) is 14.2 Å². The van der Waals surface area contributed by atoms with Crippen molar-refractivity contribution in [2.45, 2.75) is 13.8 Å². The molecule has 1 N–H and O–H groups in total. The van der Waals surface area contributed by atoms with Gasteiger partial charge in [0, 0.05) is 17.8 Å². The molecule has 0 radical (unpaired) electrons. The molecule has 1 amide bonds. The van der Waals surface area contributed by atoms with Crippen LogP contribution in [-0.4, -0.2) is 20.1 Å². The maximum atomic E-state index is 12.1. The van der Waals surface area contributed by atoms with Gasteiger partial charge in [0.15, 0.2) is 0 Å². The molecule has 0 bridgehead atoms. The highest BCUT2D eigenvalue weighted by Gasteiger charge is 2.03. The number of benzene rings is 2. The van der Waals surface area contributed by atoms with Crippen LogP contribution in [0.25, 0.3) is 6.08 Å². The lowest BCUT2D eigenvalue weighted by molar-refractivity contribution is -0.111. The standard InChI is InChI=1S/C19H21NO3/c1-13-5-6-14(2)18(9-13)20-19(21)8-7-15-10-16(22-3)12-17(11-15)23-4/h5-12H,1-4H3,(H,20,21)/b8-7+. The average molecular weight is 311 g/mol. The van der Waals surface area contributed by atoms with E-state index in [1.807, 2.05) is 44.2 Å². The van der Waals surface area contributed by atoms with Crippen molar-refractivity contribution in [1.82, 2.24) is 0 Å². The molecular weight excluding hydrogens is 290 g/mol. The highest BCUT2D eigenvalue weighted by molar-refractivity contribution is 6.02. The van der Waals surface area contributed by atoms with Crippen LogP contribution in [0.15, 0.2) is 42.5 Å². The van der Waals surface area contributed by atoms with Crippen molar-refractivity contribution in [3.63, 3.8) is 0 Å². The summed E-state index contributed by atoms with van der Waals surface area (Å²) in [6, 6.07) is 11.4. The van der Waals surface area contributed by atoms with Crippen LogP contribution in [0.1, 0.15) is 16.7 Å². The third-order valence-corrected chi connectivity index (χ3v) is 3.45. The third kappa shape index (κ3) is 4.61. The van der Waals surface area contributed by atoms with Gasteiger partial charge in [0.2, 0.25) is 5.91 Å². The first-order valence-electron chi connectivity index (χ1n) is 7.31. The molecule has 2 rings (SSSR count). The number of nitrogens with one attached hydrogen (secondary N) is 1. The van der Waals surface area contributed by atoms with Gasteiger partial charge in [-0.3, -0.25) is 4.79 Å². The summed E-state index contributed by atoms with van der Waals surface area (Å²) in [6.07, 6.45) is 3.22. The molecule has 120 valence electrons. The number of anilines is 1. The lowest BCUT2D eigenvalue weighted by Gasteiger charge is -2.08. The van der Waals surface area contributed by atoms with Crippen LogP contribution >= 0.6 is 0 Å². The Balaban J connectivity index is 2.13. The van der Waals surface area contributed by atoms with Crippen LogP contribution in [0.3, 0.4) is 0 Å². The quantitative estimate of drug-likeness (QED) is 0.850. The number of hydrogen-bond donors (Lipinski definition) is 1. The van der Waals surface area contributed by atoms with Crippen LogP contribution in [-0.2, 0) is 4.79 Å². The lowest BCUT2D eigenvalue weighted by atomic mass is 10.1. The molecule has 0 aromatic heterocycles. The predicted octanol–water partition coefficient (Wildman–Crippen LogP) is 3.97. The molecule has 0 saturated heterocycles. The first-order chi connectivity index (χ1) is 11.0. The Hall–Kier alpha value is -2.75. The number of ether oxygens (including phenoxy) is 2. The maximum absolute atomic E-state index is 12.1. The molecule has 2 aromatic rings. The number of methoxy groups -OCH3 is 2. The molecule has 23 heavy (non-hydrogen) atoms. The number of aryl methyl sites for hydroxylation is 2. The Bertz CT molecular complexity index is 713. The summed E-state index contributed by atoms with van der Waals surface area (Å²) in [7, 11) is 3.19. The molecule has 0 heterocycles. The van der Waals surface area contributed by atoms with Crippen LogP contribution in [0.2, 0.25) is 0 Å². The van der Waals surface area contributed by atoms with Crippen molar-refractivity contribution in [3.8, 4) is 11.5 Å². The Kier molecular flexibility index (Phi) is 5.41. The Morgan fingerprint density at radius 1 is 1.00 bits per heavy atom. The second-order valence-electron chi connectivity index (χ2n) is 5.29. The van der Waals surface area contributed by atoms with E-state index in [-0.39, 0.29) is 5.91 Å². The minimum Gasteiger partial charge on any atom is -0.497 e. The summed E-state index contributed by atoms with van der Waals surface area (Å²) in [5.74, 6) is 1.18. The largest absolute Gasteiger partial charge is 0.497 e. The minimum absolute atomic E-state index is 0.180. The first kappa shape index (κ1) is 16.6. The van der Waals surface area contributed by atoms with Gasteiger partial charge in [0.1, 0.15) is 11.5 Å². The number of carbonyl (C=O) groups is 1. The highest BCUT2D eigenvalue weighted by atomic mass is 16.5. The van der Waals surface area contributed by atoms with E-state index < -0.39 is 0 Å². The van der Waals surface area contributed by atoms with Crippen LogP contribution in [0, 0.1) is 13.8 Å². The Labute approximate surface area is 136 Å². The van der Waals surface area contributed by atoms with E-state index >= 15 is 0 Å². The molecule has 0 unspecified atom stereocenters. The molecule has 0 spiro atoms. The summed E-state index contributed by atoms with van der Waals surface area (Å²) < 4.78 is 10.4. The molecule has 0 atom stereocenters. The smallest absolute Gasteiger partial charge is 0.248 e. The van der Waals surface area contributed by atoms with E-state index in [2.05, 4.69) is 5.32 Å². The van der Waals surface area contributed by atoms with E-state index in [1.54, 1.807) is 26.4 Å². The van der Waals surface area contributed by atoms with Crippen molar-refractivity contribution in [1.29, 1.82) is 0 Å². The van der Waals surface area contributed by atoms with E-state index in [0.29, 0.717) is 11.5 Å². The van der Waals surface area contributed by atoms with Gasteiger partial charge in [-0.15, -0.1) is 0 Å². The monoisotopic (exact) mass is 311 g/mol. The molecule has 2 aromatic carbocycles. The number of amides is 1. The van der Waals surface area contributed by atoms with Gasteiger partial charge in [0.25, 0.3) is 0 Å². The zero-order valence-electron chi connectivity index (χ0n) is 13.8. The molecule has 0 fully saturated rings. The van der Waals surface area contributed by atoms with E-state index in [0.717, 1.165) is 22.4 Å². The highest BCUT2D eigenvalue weighted by Crippen LogP contribution is 2.23. The molecule has 0 aliphatic carbocycles. The van der Waals surface area contributed by atoms with E-state index in [1.165, 1.54) is 6.08 Å². The van der Waals surface area contributed by atoms with Crippen molar-refractivity contribution < 1.29 is 14.3 Å². The zero-order valence-corrected chi connectivity index (χ0v) is 13.8. The second kappa shape index (κ2) is 7.49. The van der Waals surface area contributed by atoms with Gasteiger partial charge >= 0.3 is 0 Å².